The summed E-state index contributed by atoms with van der Waals surface area (Å²) in [6, 6.07) is 7.14. The zero-order chi connectivity index (χ0) is 21.6. The lowest BCUT2D eigenvalue weighted by molar-refractivity contribution is -0.188. The van der Waals surface area contributed by atoms with Crippen molar-refractivity contribution in [2.45, 2.75) is 36.4 Å². The first-order chi connectivity index (χ1) is 14.9. The molecule has 1 aromatic heterocycles. The Labute approximate surface area is 182 Å². The molecule has 2 aromatic rings. The number of aryl methyl sites for hydroxylation is 1. The molecule has 3 saturated heterocycles. The number of nitrogens with zero attached hydrogens (tertiary/aromatic N) is 3. The molecule has 0 radical (unpaired) electrons. The van der Waals surface area contributed by atoms with E-state index in [1.165, 1.54) is 4.31 Å². The van der Waals surface area contributed by atoms with Gasteiger partial charge < -0.3 is 18.9 Å². The Morgan fingerprint density at radius 1 is 1.10 bits per heavy atom. The van der Waals surface area contributed by atoms with Crippen molar-refractivity contribution in [3.8, 4) is 0 Å². The van der Waals surface area contributed by atoms with Crippen molar-refractivity contribution >= 4 is 26.8 Å². The van der Waals surface area contributed by atoms with Crippen molar-refractivity contribution < 1.29 is 22.7 Å². The molecule has 8 nitrogen and oxygen atoms in total. The van der Waals surface area contributed by atoms with Crippen LogP contribution in [0.2, 0.25) is 0 Å². The lowest BCUT2D eigenvalue weighted by Crippen LogP contribution is -2.51. The number of hydrogen-bond donors (Lipinski definition) is 0. The molecule has 5 rings (SSSR count). The molecule has 3 aliphatic heterocycles. The molecule has 9 heteroatoms. The summed E-state index contributed by atoms with van der Waals surface area (Å²) >= 11 is 0. The van der Waals surface area contributed by atoms with E-state index in [1.54, 1.807) is 12.1 Å². The molecule has 0 aliphatic carbocycles. The third-order valence-corrected chi connectivity index (χ3v) is 8.74. The van der Waals surface area contributed by atoms with Crippen LogP contribution in [-0.4, -0.2) is 73.3 Å². The van der Waals surface area contributed by atoms with E-state index < -0.39 is 15.8 Å². The van der Waals surface area contributed by atoms with Gasteiger partial charge in [0.25, 0.3) is 0 Å². The Morgan fingerprint density at radius 2 is 1.84 bits per heavy atom. The first kappa shape index (κ1) is 20.9. The average molecular weight is 448 g/mol. The summed E-state index contributed by atoms with van der Waals surface area (Å²) in [5.74, 6) is -0.774. The normalized spacial score (nSPS) is 24.8. The summed E-state index contributed by atoms with van der Waals surface area (Å²) in [5, 5.41) is 0.895. The minimum Gasteiger partial charge on any atom is -0.351 e. The van der Waals surface area contributed by atoms with Crippen molar-refractivity contribution in [1.82, 2.24) is 13.8 Å². The van der Waals surface area contributed by atoms with Crippen molar-refractivity contribution in [2.24, 2.45) is 13.0 Å². The first-order valence-corrected chi connectivity index (χ1v) is 12.4. The lowest BCUT2D eigenvalue weighted by Gasteiger charge is -2.40. The molecule has 0 saturated carbocycles. The number of fused-ring (bicyclic) bond motifs is 1. The number of benzene rings is 1. The van der Waals surface area contributed by atoms with Gasteiger partial charge in [0.15, 0.2) is 5.79 Å². The molecule has 0 bridgehead atoms. The molecular formula is C22H29N3O5S. The fourth-order valence-corrected chi connectivity index (χ4v) is 6.60. The number of piperidine rings is 2. The second-order valence-corrected chi connectivity index (χ2v) is 10.7. The number of rotatable bonds is 3. The van der Waals surface area contributed by atoms with E-state index in [0.29, 0.717) is 52.1 Å². The van der Waals surface area contributed by atoms with Gasteiger partial charge in [0, 0.05) is 63.2 Å². The molecule has 31 heavy (non-hydrogen) atoms. The number of carbonyl (C=O) groups excluding carboxylic acids is 1. The highest BCUT2D eigenvalue weighted by atomic mass is 32.2. The highest BCUT2D eigenvalue weighted by Crippen LogP contribution is 2.33. The van der Waals surface area contributed by atoms with Gasteiger partial charge in [0.05, 0.1) is 24.0 Å². The highest BCUT2D eigenvalue weighted by molar-refractivity contribution is 7.89. The van der Waals surface area contributed by atoms with Crippen LogP contribution in [0.5, 0.6) is 0 Å². The Bertz CT molecular complexity index is 1080. The van der Waals surface area contributed by atoms with Crippen LogP contribution in [0.15, 0.2) is 35.4 Å². The van der Waals surface area contributed by atoms with E-state index in [-0.39, 0.29) is 23.3 Å². The van der Waals surface area contributed by atoms with Crippen LogP contribution in [0.4, 0.5) is 0 Å². The molecule has 1 aromatic carbocycles. The molecule has 0 N–H and O–H groups in total. The van der Waals surface area contributed by atoms with Gasteiger partial charge in [-0.2, -0.15) is 4.31 Å². The number of carbonyl (C=O) groups is 1. The molecule has 1 amide bonds. The van der Waals surface area contributed by atoms with Crippen LogP contribution < -0.4 is 0 Å². The Balaban J connectivity index is 1.28. The van der Waals surface area contributed by atoms with Crippen LogP contribution in [0, 0.1) is 5.92 Å². The summed E-state index contributed by atoms with van der Waals surface area (Å²) in [6.07, 6.45) is 4.67. The fourth-order valence-electron chi connectivity index (χ4n) is 5.04. The second-order valence-electron chi connectivity index (χ2n) is 8.78. The number of ether oxygens (including phenoxy) is 2. The van der Waals surface area contributed by atoms with E-state index in [9.17, 15) is 13.2 Å². The van der Waals surface area contributed by atoms with Crippen LogP contribution in [0.3, 0.4) is 0 Å². The third kappa shape index (κ3) is 3.77. The Kier molecular flexibility index (Phi) is 5.32. The monoisotopic (exact) mass is 447 g/mol. The van der Waals surface area contributed by atoms with Crippen molar-refractivity contribution in [2.75, 3.05) is 39.4 Å². The zero-order valence-corrected chi connectivity index (χ0v) is 18.6. The number of likely N-dealkylation sites (tertiary alicyclic amines) is 1. The predicted molar refractivity (Wildman–Crippen MR) is 115 cm³/mol. The van der Waals surface area contributed by atoms with Gasteiger partial charge in [0.1, 0.15) is 0 Å². The van der Waals surface area contributed by atoms with Crippen LogP contribution in [-0.2, 0) is 31.3 Å². The van der Waals surface area contributed by atoms with Gasteiger partial charge in [0.2, 0.25) is 15.9 Å². The number of hydrogen-bond acceptors (Lipinski definition) is 5. The Morgan fingerprint density at radius 3 is 2.58 bits per heavy atom. The maximum Gasteiger partial charge on any atom is 0.243 e. The molecule has 4 heterocycles. The molecule has 1 atom stereocenters. The van der Waals surface area contributed by atoms with Gasteiger partial charge in [-0.3, -0.25) is 4.79 Å². The number of amides is 1. The standard InChI is InChI=1S/C22H29N3O5S/c1-23-10-6-17-15-19(4-5-20(17)23)31(27,28)25-9-2-3-18(16-25)21(26)24-11-7-22(8-12-24)29-13-14-30-22/h4-6,10,15,18H,2-3,7-9,11-14,16H2,1H3. The summed E-state index contributed by atoms with van der Waals surface area (Å²) in [4.78, 5) is 15.3. The number of sulfonamides is 1. The lowest BCUT2D eigenvalue weighted by atomic mass is 9.96. The maximum absolute atomic E-state index is 13.3. The maximum atomic E-state index is 13.3. The molecule has 1 spiro atoms. The van der Waals surface area contributed by atoms with Gasteiger partial charge in [-0.05, 0) is 37.1 Å². The zero-order valence-electron chi connectivity index (χ0n) is 17.8. The summed E-state index contributed by atoms with van der Waals surface area (Å²) in [7, 11) is -1.71. The highest BCUT2D eigenvalue weighted by Gasteiger charge is 2.42. The van der Waals surface area contributed by atoms with E-state index in [1.807, 2.05) is 34.8 Å². The van der Waals surface area contributed by atoms with Crippen molar-refractivity contribution in [3.63, 3.8) is 0 Å². The Hall–Kier alpha value is -1.94. The van der Waals surface area contributed by atoms with E-state index in [2.05, 4.69) is 0 Å². The average Bonchev–Trinajstić information content (AvgIpc) is 3.40. The van der Waals surface area contributed by atoms with Crippen LogP contribution in [0.25, 0.3) is 10.9 Å². The topological polar surface area (TPSA) is 81.1 Å². The van der Waals surface area contributed by atoms with Gasteiger partial charge in [-0.25, -0.2) is 8.42 Å². The van der Waals surface area contributed by atoms with Crippen LogP contribution in [0.1, 0.15) is 25.7 Å². The SMILES string of the molecule is Cn1ccc2cc(S(=O)(=O)N3CCCC(C(=O)N4CCC5(CC4)OCCO5)C3)ccc21. The molecular weight excluding hydrogens is 418 g/mol. The quantitative estimate of drug-likeness (QED) is 0.718. The largest absolute Gasteiger partial charge is 0.351 e. The van der Waals surface area contributed by atoms with Crippen molar-refractivity contribution in [3.05, 3.63) is 30.5 Å². The third-order valence-electron chi connectivity index (χ3n) is 6.88. The summed E-state index contributed by atoms with van der Waals surface area (Å²) in [5.41, 5.74) is 0.990. The fraction of sp³-hybridized carbons (Fsp3) is 0.591. The second kappa shape index (κ2) is 7.88. The van der Waals surface area contributed by atoms with E-state index in [4.69, 9.17) is 9.47 Å². The summed E-state index contributed by atoms with van der Waals surface area (Å²) < 4.78 is 41.6. The smallest absolute Gasteiger partial charge is 0.243 e. The van der Waals surface area contributed by atoms with Gasteiger partial charge in [-0.1, -0.05) is 0 Å². The van der Waals surface area contributed by atoms with E-state index in [0.717, 1.165) is 17.3 Å². The summed E-state index contributed by atoms with van der Waals surface area (Å²) in [6.45, 7) is 3.09. The number of aromatic nitrogens is 1. The van der Waals surface area contributed by atoms with E-state index >= 15 is 0 Å². The van der Waals surface area contributed by atoms with Gasteiger partial charge >= 0.3 is 0 Å². The van der Waals surface area contributed by atoms with Crippen molar-refractivity contribution in [1.29, 1.82) is 0 Å². The molecule has 3 fully saturated rings. The van der Waals surface area contributed by atoms with Gasteiger partial charge in [-0.15, -0.1) is 0 Å². The predicted octanol–water partition coefficient (Wildman–Crippen LogP) is 1.94. The molecule has 1 unspecified atom stereocenters. The minimum absolute atomic E-state index is 0.0475. The van der Waals surface area contributed by atoms with Crippen LogP contribution >= 0.6 is 0 Å². The first-order valence-electron chi connectivity index (χ1n) is 11.0. The molecule has 3 aliphatic rings. The minimum atomic E-state index is -3.65. The molecule has 168 valence electrons.